The Kier molecular flexibility index (Phi) is 3.84. The van der Waals surface area contributed by atoms with Crippen LogP contribution in [0, 0.1) is 4.77 Å². The number of nitrogens with one attached hydrogen (secondary N) is 2. The average Bonchev–Trinajstić information content (AvgIpc) is 3.04. The van der Waals surface area contributed by atoms with E-state index in [9.17, 15) is 0 Å². The topological polar surface area (TPSA) is 45.6 Å². The van der Waals surface area contributed by atoms with E-state index in [1.165, 1.54) is 16.3 Å². The highest BCUT2D eigenvalue weighted by atomic mass is 32.1. The van der Waals surface area contributed by atoms with Crippen molar-refractivity contribution in [1.82, 2.24) is 19.9 Å². The van der Waals surface area contributed by atoms with Gasteiger partial charge in [0.15, 0.2) is 10.4 Å². The van der Waals surface area contributed by atoms with Gasteiger partial charge >= 0.3 is 0 Å². The van der Waals surface area contributed by atoms with Gasteiger partial charge in [0.05, 0.1) is 5.52 Å². The number of H-pyrrole nitrogens is 1. The minimum Gasteiger partial charge on any atom is -0.329 e. The number of hydrogen-bond acceptors (Lipinski definition) is 3. The second kappa shape index (κ2) is 6.34. The molecule has 0 spiro atoms. The summed E-state index contributed by atoms with van der Waals surface area (Å²) in [7, 11) is 0. The molecule has 1 aliphatic rings. The summed E-state index contributed by atoms with van der Waals surface area (Å²) >= 11 is 5.67. The standard InChI is InChI=1S/C21H20N4S/c26-21-24-19-18(16-6-5-14-3-1-2-4-15(14)13-16)9-12-23-20(19)25(21)17-7-10-22-11-8-17/h1-6,9,12-13,17,22H,7-8,10-11H2,(H,24,26). The maximum atomic E-state index is 5.67. The third-order valence-corrected chi connectivity index (χ3v) is 5.64. The second-order valence-corrected chi connectivity index (χ2v) is 7.29. The van der Waals surface area contributed by atoms with Crippen LogP contribution in [0.15, 0.2) is 54.7 Å². The van der Waals surface area contributed by atoms with Crippen LogP contribution < -0.4 is 5.32 Å². The molecule has 2 aromatic carbocycles. The fourth-order valence-corrected chi connectivity index (χ4v) is 4.36. The van der Waals surface area contributed by atoms with Gasteiger partial charge in [-0.3, -0.25) is 4.57 Å². The lowest BCUT2D eigenvalue weighted by Crippen LogP contribution is -2.29. The van der Waals surface area contributed by atoms with Crippen LogP contribution in [0.4, 0.5) is 0 Å². The monoisotopic (exact) mass is 360 g/mol. The summed E-state index contributed by atoms with van der Waals surface area (Å²) in [6.45, 7) is 2.06. The summed E-state index contributed by atoms with van der Waals surface area (Å²) in [6.07, 6.45) is 4.07. The molecule has 0 atom stereocenters. The summed E-state index contributed by atoms with van der Waals surface area (Å²) < 4.78 is 2.99. The van der Waals surface area contributed by atoms with Crippen LogP contribution in [0.2, 0.25) is 0 Å². The van der Waals surface area contributed by atoms with Crippen LogP contribution in [0.25, 0.3) is 33.1 Å². The van der Waals surface area contributed by atoms with E-state index in [2.05, 4.69) is 68.4 Å². The predicted molar refractivity (Wildman–Crippen MR) is 109 cm³/mol. The molecule has 5 heteroatoms. The smallest absolute Gasteiger partial charge is 0.179 e. The van der Waals surface area contributed by atoms with Crippen molar-refractivity contribution in [1.29, 1.82) is 0 Å². The van der Waals surface area contributed by atoms with Crippen LogP contribution in [-0.4, -0.2) is 27.6 Å². The summed E-state index contributed by atoms with van der Waals surface area (Å²) in [4.78, 5) is 8.10. The molecule has 1 aliphatic heterocycles. The first-order valence-corrected chi connectivity index (χ1v) is 9.51. The first kappa shape index (κ1) is 15.7. The SMILES string of the molecule is S=c1[nH]c2c(-c3ccc4ccccc4c3)ccnc2n1C1CCNCC1. The minimum absolute atomic E-state index is 0.414. The Hall–Kier alpha value is -2.50. The Bertz CT molecular complexity index is 1150. The zero-order valence-electron chi connectivity index (χ0n) is 14.4. The minimum atomic E-state index is 0.414. The first-order valence-electron chi connectivity index (χ1n) is 9.10. The quantitative estimate of drug-likeness (QED) is 0.503. The zero-order valence-corrected chi connectivity index (χ0v) is 15.2. The van der Waals surface area contributed by atoms with Crippen molar-refractivity contribution in [3.8, 4) is 11.1 Å². The molecule has 0 radical (unpaired) electrons. The Morgan fingerprint density at radius 1 is 1.00 bits per heavy atom. The third-order valence-electron chi connectivity index (χ3n) is 5.34. The Labute approximate surface area is 156 Å². The molecule has 0 saturated carbocycles. The Morgan fingerprint density at radius 3 is 2.65 bits per heavy atom. The van der Waals surface area contributed by atoms with Crippen molar-refractivity contribution < 1.29 is 0 Å². The molecule has 2 aromatic heterocycles. The number of aromatic amines is 1. The van der Waals surface area contributed by atoms with Crippen LogP contribution in [0.1, 0.15) is 18.9 Å². The number of hydrogen-bond donors (Lipinski definition) is 2. The van der Waals surface area contributed by atoms with E-state index in [1.54, 1.807) is 0 Å². The van der Waals surface area contributed by atoms with Gasteiger partial charge in [-0.15, -0.1) is 0 Å². The molecule has 0 unspecified atom stereocenters. The van der Waals surface area contributed by atoms with Crippen molar-refractivity contribution in [2.75, 3.05) is 13.1 Å². The number of pyridine rings is 1. The lowest BCUT2D eigenvalue weighted by atomic mass is 10.0. The molecule has 4 nitrogen and oxygen atoms in total. The molecule has 1 fully saturated rings. The van der Waals surface area contributed by atoms with Gasteiger partial charge in [-0.1, -0.05) is 36.4 Å². The summed E-state index contributed by atoms with van der Waals surface area (Å²) in [6, 6.07) is 17.5. The highest BCUT2D eigenvalue weighted by molar-refractivity contribution is 7.71. The van der Waals surface area contributed by atoms with Gasteiger partial charge in [0.1, 0.15) is 0 Å². The van der Waals surface area contributed by atoms with E-state index in [1.807, 2.05) is 6.20 Å². The predicted octanol–water partition coefficient (Wildman–Crippen LogP) is 4.84. The molecular weight excluding hydrogens is 340 g/mol. The number of piperidine rings is 1. The van der Waals surface area contributed by atoms with Crippen molar-refractivity contribution in [2.45, 2.75) is 18.9 Å². The summed E-state index contributed by atoms with van der Waals surface area (Å²) in [5, 5.41) is 5.91. The van der Waals surface area contributed by atoms with Crippen LogP contribution in [0.3, 0.4) is 0 Å². The lowest BCUT2D eigenvalue weighted by Gasteiger charge is -2.24. The van der Waals surface area contributed by atoms with Crippen LogP contribution in [0.5, 0.6) is 0 Å². The van der Waals surface area contributed by atoms with E-state index in [0.29, 0.717) is 6.04 Å². The molecule has 0 aliphatic carbocycles. The van der Waals surface area contributed by atoms with Crippen molar-refractivity contribution in [3.05, 3.63) is 59.5 Å². The van der Waals surface area contributed by atoms with E-state index in [-0.39, 0.29) is 0 Å². The maximum Gasteiger partial charge on any atom is 0.179 e. The fraction of sp³-hybridized carbons (Fsp3) is 0.238. The molecule has 4 aromatic rings. The average molecular weight is 360 g/mol. The second-order valence-electron chi connectivity index (χ2n) is 6.90. The number of nitrogens with zero attached hydrogens (tertiary/aromatic N) is 2. The zero-order chi connectivity index (χ0) is 17.5. The number of imidazole rings is 1. The number of fused-ring (bicyclic) bond motifs is 2. The maximum absolute atomic E-state index is 5.67. The van der Waals surface area contributed by atoms with Crippen LogP contribution >= 0.6 is 12.2 Å². The third kappa shape index (κ3) is 2.55. The molecule has 2 N–H and O–H groups in total. The normalized spacial score (nSPS) is 15.7. The summed E-state index contributed by atoms with van der Waals surface area (Å²) in [5.41, 5.74) is 4.34. The van der Waals surface area contributed by atoms with Gasteiger partial charge in [-0.25, -0.2) is 4.98 Å². The van der Waals surface area contributed by atoms with E-state index in [4.69, 9.17) is 12.2 Å². The number of benzene rings is 2. The Balaban J connectivity index is 1.69. The molecule has 26 heavy (non-hydrogen) atoms. The number of aromatic nitrogens is 3. The van der Waals surface area contributed by atoms with Gasteiger partial charge in [-0.05, 0) is 66.6 Å². The molecule has 0 amide bonds. The van der Waals surface area contributed by atoms with Gasteiger partial charge in [0.2, 0.25) is 0 Å². The highest BCUT2D eigenvalue weighted by Gasteiger charge is 2.20. The lowest BCUT2D eigenvalue weighted by molar-refractivity contribution is 0.371. The largest absolute Gasteiger partial charge is 0.329 e. The molecule has 1 saturated heterocycles. The molecule has 3 heterocycles. The fourth-order valence-electron chi connectivity index (χ4n) is 4.02. The molecule has 0 bridgehead atoms. The first-order chi connectivity index (χ1) is 12.8. The van der Waals surface area contributed by atoms with E-state index in [0.717, 1.165) is 47.4 Å². The Morgan fingerprint density at radius 2 is 1.81 bits per heavy atom. The van der Waals surface area contributed by atoms with Gasteiger partial charge in [-0.2, -0.15) is 0 Å². The van der Waals surface area contributed by atoms with Gasteiger partial charge in [0.25, 0.3) is 0 Å². The van der Waals surface area contributed by atoms with Gasteiger partial charge in [0, 0.05) is 17.8 Å². The van der Waals surface area contributed by atoms with Crippen molar-refractivity contribution in [3.63, 3.8) is 0 Å². The summed E-state index contributed by atoms with van der Waals surface area (Å²) in [5.74, 6) is 0. The number of rotatable bonds is 2. The van der Waals surface area contributed by atoms with E-state index < -0.39 is 0 Å². The van der Waals surface area contributed by atoms with E-state index >= 15 is 0 Å². The highest BCUT2D eigenvalue weighted by Crippen LogP contribution is 2.32. The molecule has 130 valence electrons. The van der Waals surface area contributed by atoms with Crippen molar-refractivity contribution in [2.24, 2.45) is 0 Å². The van der Waals surface area contributed by atoms with Crippen molar-refractivity contribution >= 4 is 34.2 Å². The molecule has 5 rings (SSSR count). The molecular formula is C21H20N4S. The van der Waals surface area contributed by atoms with Gasteiger partial charge < -0.3 is 10.3 Å². The van der Waals surface area contributed by atoms with Crippen LogP contribution in [-0.2, 0) is 0 Å².